The molecule has 2 bridgehead atoms. The molecule has 2 fully saturated rings. The third-order valence-electron chi connectivity index (χ3n) is 5.31. The van der Waals surface area contributed by atoms with Crippen molar-refractivity contribution in [2.24, 2.45) is 0 Å². The van der Waals surface area contributed by atoms with Crippen molar-refractivity contribution in [3.63, 3.8) is 0 Å². The molecule has 0 saturated carbocycles. The van der Waals surface area contributed by atoms with Crippen LogP contribution < -0.4 is 0 Å². The molecule has 2 aromatic carbocycles. The Hall–Kier alpha value is -2.42. The van der Waals surface area contributed by atoms with Crippen molar-refractivity contribution in [3.05, 3.63) is 71.8 Å². The van der Waals surface area contributed by atoms with Crippen LogP contribution >= 0.6 is 0 Å². The number of rotatable bonds is 3. The quantitative estimate of drug-likeness (QED) is 0.811. The van der Waals surface area contributed by atoms with Crippen LogP contribution in [0.5, 0.6) is 0 Å². The summed E-state index contributed by atoms with van der Waals surface area (Å²) in [6, 6.07) is 18.9. The lowest BCUT2D eigenvalue weighted by Crippen LogP contribution is -2.50. The predicted octanol–water partition coefficient (Wildman–Crippen LogP) is 3.71. The first-order valence-corrected chi connectivity index (χ1v) is 8.21. The lowest BCUT2D eigenvalue weighted by atomic mass is 9.81. The molecule has 0 N–H and O–H groups in total. The van der Waals surface area contributed by atoms with E-state index in [1.165, 1.54) is 0 Å². The van der Waals surface area contributed by atoms with E-state index in [1.807, 2.05) is 65.6 Å². The number of amides is 1. The molecule has 0 unspecified atom stereocenters. The number of carbonyl (C=O) groups excluding carboxylic acids is 2. The van der Waals surface area contributed by atoms with E-state index < -0.39 is 5.54 Å². The highest BCUT2D eigenvalue weighted by atomic mass is 16.2. The van der Waals surface area contributed by atoms with E-state index >= 15 is 0 Å². The largest absolute Gasteiger partial charge is 0.323 e. The SMILES string of the molecule is O=C(c1ccccc1)N1C2CCC1(C(=O)c1ccccc1)CC2. The fourth-order valence-corrected chi connectivity index (χ4v) is 4.20. The fourth-order valence-electron chi connectivity index (χ4n) is 4.20. The number of nitrogens with zero attached hydrogens (tertiary/aromatic N) is 1. The van der Waals surface area contributed by atoms with Crippen LogP contribution in [0.4, 0.5) is 0 Å². The third-order valence-corrected chi connectivity index (χ3v) is 5.31. The van der Waals surface area contributed by atoms with E-state index in [9.17, 15) is 9.59 Å². The van der Waals surface area contributed by atoms with Gasteiger partial charge in [-0.25, -0.2) is 0 Å². The molecule has 0 radical (unpaired) electrons. The molecule has 3 heteroatoms. The number of benzene rings is 2. The zero-order valence-electron chi connectivity index (χ0n) is 12.9. The van der Waals surface area contributed by atoms with E-state index in [4.69, 9.17) is 0 Å². The van der Waals surface area contributed by atoms with Gasteiger partial charge in [-0.15, -0.1) is 0 Å². The number of hydrogen-bond donors (Lipinski definition) is 0. The van der Waals surface area contributed by atoms with E-state index in [-0.39, 0.29) is 17.7 Å². The molecule has 116 valence electrons. The number of hydrogen-bond acceptors (Lipinski definition) is 2. The van der Waals surface area contributed by atoms with E-state index in [0.717, 1.165) is 25.7 Å². The zero-order chi connectivity index (χ0) is 15.9. The maximum absolute atomic E-state index is 13.2. The lowest BCUT2D eigenvalue weighted by molar-refractivity contribution is 0.0536. The Morgan fingerprint density at radius 1 is 0.826 bits per heavy atom. The second kappa shape index (κ2) is 5.34. The van der Waals surface area contributed by atoms with Crippen LogP contribution in [0, 0.1) is 0 Å². The van der Waals surface area contributed by atoms with Crippen LogP contribution in [0.15, 0.2) is 60.7 Å². The van der Waals surface area contributed by atoms with Crippen molar-refractivity contribution in [2.75, 3.05) is 0 Å². The Balaban J connectivity index is 1.72. The maximum atomic E-state index is 13.2. The van der Waals surface area contributed by atoms with Crippen LogP contribution in [-0.2, 0) is 0 Å². The van der Waals surface area contributed by atoms with Gasteiger partial charge < -0.3 is 4.90 Å². The minimum Gasteiger partial charge on any atom is -0.323 e. The van der Waals surface area contributed by atoms with Gasteiger partial charge in [0.25, 0.3) is 5.91 Å². The highest BCUT2D eigenvalue weighted by molar-refractivity contribution is 6.08. The van der Waals surface area contributed by atoms with Crippen LogP contribution in [0.2, 0.25) is 0 Å². The summed E-state index contributed by atoms with van der Waals surface area (Å²) in [5, 5.41) is 0. The first-order chi connectivity index (χ1) is 11.2. The first kappa shape index (κ1) is 14.2. The van der Waals surface area contributed by atoms with Crippen molar-refractivity contribution in [1.82, 2.24) is 4.90 Å². The van der Waals surface area contributed by atoms with Gasteiger partial charge in [0.1, 0.15) is 5.54 Å². The van der Waals surface area contributed by atoms with Crippen LogP contribution in [0.3, 0.4) is 0 Å². The van der Waals surface area contributed by atoms with Gasteiger partial charge in [0, 0.05) is 17.2 Å². The Bertz CT molecular complexity index is 731. The van der Waals surface area contributed by atoms with Crippen molar-refractivity contribution < 1.29 is 9.59 Å². The Kier molecular flexibility index (Phi) is 3.29. The van der Waals surface area contributed by atoms with Gasteiger partial charge in [0.05, 0.1) is 0 Å². The minimum absolute atomic E-state index is 0.00474. The van der Waals surface area contributed by atoms with E-state index in [2.05, 4.69) is 0 Å². The summed E-state index contributed by atoms with van der Waals surface area (Å²) in [5.41, 5.74) is 0.742. The van der Waals surface area contributed by atoms with E-state index in [1.54, 1.807) is 0 Å². The molecule has 4 rings (SSSR count). The van der Waals surface area contributed by atoms with Crippen molar-refractivity contribution in [1.29, 1.82) is 0 Å². The maximum Gasteiger partial charge on any atom is 0.254 e. The highest BCUT2D eigenvalue weighted by Gasteiger charge is 2.58. The number of ketones is 1. The molecule has 0 spiro atoms. The molecule has 0 aromatic heterocycles. The fraction of sp³-hybridized carbons (Fsp3) is 0.300. The highest BCUT2D eigenvalue weighted by Crippen LogP contribution is 2.48. The topological polar surface area (TPSA) is 37.4 Å². The summed E-state index contributed by atoms with van der Waals surface area (Å²) >= 11 is 0. The standard InChI is InChI=1S/C20H19NO2/c22-18(15-7-3-1-4-8-15)20-13-11-17(12-14-20)21(20)19(23)16-9-5-2-6-10-16/h1-10,17H,11-14H2. The average Bonchev–Trinajstić information content (AvgIpc) is 3.18. The molecule has 2 aliphatic heterocycles. The molecule has 3 nitrogen and oxygen atoms in total. The second-order valence-corrected chi connectivity index (χ2v) is 6.50. The van der Waals surface area contributed by atoms with E-state index in [0.29, 0.717) is 11.1 Å². The molecule has 0 aliphatic carbocycles. The summed E-state index contributed by atoms with van der Waals surface area (Å²) in [6.45, 7) is 0. The van der Waals surface area contributed by atoms with Gasteiger partial charge in [-0.05, 0) is 37.8 Å². The molecular weight excluding hydrogens is 286 g/mol. The van der Waals surface area contributed by atoms with Gasteiger partial charge in [0.15, 0.2) is 5.78 Å². The predicted molar refractivity (Wildman–Crippen MR) is 88.4 cm³/mol. The first-order valence-electron chi connectivity index (χ1n) is 8.21. The van der Waals surface area contributed by atoms with Crippen LogP contribution in [0.25, 0.3) is 0 Å². The van der Waals surface area contributed by atoms with Crippen LogP contribution in [-0.4, -0.2) is 28.2 Å². The molecule has 23 heavy (non-hydrogen) atoms. The molecule has 1 amide bonds. The minimum atomic E-state index is -0.640. The summed E-state index contributed by atoms with van der Waals surface area (Å²) in [4.78, 5) is 28.1. The van der Waals surface area contributed by atoms with Gasteiger partial charge >= 0.3 is 0 Å². The molecule has 2 aromatic rings. The summed E-state index contributed by atoms with van der Waals surface area (Å²) < 4.78 is 0. The summed E-state index contributed by atoms with van der Waals surface area (Å²) in [6.07, 6.45) is 3.42. The number of carbonyl (C=O) groups is 2. The van der Waals surface area contributed by atoms with Crippen molar-refractivity contribution in [3.8, 4) is 0 Å². The molecular formula is C20H19NO2. The summed E-state index contributed by atoms with van der Waals surface area (Å²) in [5.74, 6) is 0.0947. The van der Waals surface area contributed by atoms with Gasteiger partial charge in [0.2, 0.25) is 0 Å². The van der Waals surface area contributed by atoms with Crippen molar-refractivity contribution in [2.45, 2.75) is 37.3 Å². The second-order valence-electron chi connectivity index (χ2n) is 6.50. The Morgan fingerprint density at radius 3 is 1.91 bits per heavy atom. The molecule has 2 aliphatic rings. The zero-order valence-corrected chi connectivity index (χ0v) is 12.9. The van der Waals surface area contributed by atoms with Gasteiger partial charge in [-0.1, -0.05) is 48.5 Å². The summed E-state index contributed by atoms with van der Waals surface area (Å²) in [7, 11) is 0. The number of Topliss-reactive ketones (excluding diaryl/α,β-unsaturated/α-hetero) is 1. The molecule has 2 heterocycles. The Morgan fingerprint density at radius 2 is 1.35 bits per heavy atom. The third kappa shape index (κ3) is 2.11. The monoisotopic (exact) mass is 305 g/mol. The smallest absolute Gasteiger partial charge is 0.254 e. The molecule has 2 saturated heterocycles. The van der Waals surface area contributed by atoms with Crippen molar-refractivity contribution >= 4 is 11.7 Å². The Labute approximate surface area is 135 Å². The van der Waals surface area contributed by atoms with Gasteiger partial charge in [-0.2, -0.15) is 0 Å². The molecule has 0 atom stereocenters. The lowest BCUT2D eigenvalue weighted by Gasteiger charge is -2.33. The normalized spacial score (nSPS) is 25.6. The average molecular weight is 305 g/mol. The number of fused-ring (bicyclic) bond motifs is 2. The van der Waals surface area contributed by atoms with Gasteiger partial charge in [-0.3, -0.25) is 9.59 Å². The van der Waals surface area contributed by atoms with Crippen LogP contribution in [0.1, 0.15) is 46.4 Å².